The lowest BCUT2D eigenvalue weighted by molar-refractivity contribution is -0.0893. The van der Waals surface area contributed by atoms with Gasteiger partial charge >= 0.3 is 7.48 Å². The van der Waals surface area contributed by atoms with Gasteiger partial charge in [0, 0.05) is 0 Å². The molecule has 0 spiro atoms. The van der Waals surface area contributed by atoms with Crippen LogP contribution in [-0.2, 0) is 4.65 Å². The first-order valence-electron chi connectivity index (χ1n) is 12.3. The average Bonchev–Trinajstić information content (AvgIpc) is 2.85. The molecule has 3 heteroatoms. The molecule has 6 aromatic carbocycles. The highest BCUT2D eigenvalue weighted by molar-refractivity contribution is 6.47. The number of hydrogen-bond donors (Lipinski definition) is 1. The van der Waals surface area contributed by atoms with Crippen LogP contribution >= 0.6 is 0 Å². The molecule has 35 heavy (non-hydrogen) atoms. The minimum atomic E-state index is -0.917. The van der Waals surface area contributed by atoms with Crippen LogP contribution in [0.25, 0.3) is 54.2 Å². The van der Waals surface area contributed by atoms with E-state index in [1.807, 2.05) is 13.8 Å². The van der Waals surface area contributed by atoms with Gasteiger partial charge in [-0.1, -0.05) is 90.4 Å². The summed E-state index contributed by atoms with van der Waals surface area (Å²) < 4.78 is 6.08. The van der Waals surface area contributed by atoms with Crippen molar-refractivity contribution in [3.05, 3.63) is 91.0 Å². The molecule has 0 unspecified atom stereocenters. The molecule has 0 saturated heterocycles. The summed E-state index contributed by atoms with van der Waals surface area (Å²) in [5, 5.41) is 20.6. The second-order valence-corrected chi connectivity index (χ2v) is 10.7. The maximum Gasteiger partial charge on any atom is 0.309 e. The van der Waals surface area contributed by atoms with E-state index in [1.54, 1.807) is 13.8 Å². The molecule has 0 aromatic heterocycles. The van der Waals surface area contributed by atoms with E-state index in [9.17, 15) is 5.11 Å². The molecule has 0 aliphatic carbocycles. The van der Waals surface area contributed by atoms with Crippen LogP contribution in [0.3, 0.4) is 0 Å². The summed E-state index contributed by atoms with van der Waals surface area (Å²) in [6.07, 6.45) is 0. The highest BCUT2D eigenvalue weighted by Crippen LogP contribution is 2.39. The van der Waals surface area contributed by atoms with Crippen LogP contribution in [0, 0.1) is 0 Å². The Balaban J connectivity index is 1.40. The largest absolute Gasteiger partial charge is 0.427 e. The van der Waals surface area contributed by atoms with Gasteiger partial charge in [-0.2, -0.15) is 0 Å². The zero-order valence-corrected chi connectivity index (χ0v) is 20.7. The number of benzene rings is 6. The molecule has 0 heterocycles. The highest BCUT2D eigenvalue weighted by atomic mass is 16.5. The minimum Gasteiger partial charge on any atom is -0.427 e. The Morgan fingerprint density at radius 2 is 1.23 bits per heavy atom. The van der Waals surface area contributed by atoms with Gasteiger partial charge in [0.2, 0.25) is 0 Å². The van der Waals surface area contributed by atoms with Crippen LogP contribution in [0.5, 0.6) is 0 Å². The molecule has 6 aromatic rings. The smallest absolute Gasteiger partial charge is 0.309 e. The molecule has 0 aliphatic heterocycles. The standard InChI is InChI=1S/C32H29BO2/c1-31(2,34)32(3,4)35-33-26-15-12-23-18-25(11-10-24(23)19-26)27-16-13-22-9-8-20-6-5-7-21-14-17-28(27)30(22)29(20)21/h5-19,33-34H,1-4H3. The first-order chi connectivity index (χ1) is 16.7. The molecule has 0 saturated carbocycles. The van der Waals surface area contributed by atoms with Crippen molar-refractivity contribution in [2.24, 2.45) is 0 Å². The predicted molar refractivity (Wildman–Crippen MR) is 151 cm³/mol. The van der Waals surface area contributed by atoms with E-state index in [0.717, 1.165) is 5.46 Å². The van der Waals surface area contributed by atoms with Crippen molar-refractivity contribution in [3.8, 4) is 11.1 Å². The number of aliphatic hydroxyl groups is 1. The fraction of sp³-hybridized carbons (Fsp3) is 0.188. The number of fused-ring (bicyclic) bond motifs is 1. The second kappa shape index (κ2) is 7.81. The third-order valence-electron chi connectivity index (χ3n) is 7.82. The summed E-state index contributed by atoms with van der Waals surface area (Å²) in [6.45, 7) is 7.43. The molecule has 0 aliphatic rings. The van der Waals surface area contributed by atoms with Crippen LogP contribution in [0.1, 0.15) is 27.7 Å². The first kappa shape index (κ1) is 22.1. The first-order valence-corrected chi connectivity index (χ1v) is 12.3. The van der Waals surface area contributed by atoms with Gasteiger partial charge in [-0.3, -0.25) is 0 Å². The normalized spacial score (nSPS) is 12.8. The van der Waals surface area contributed by atoms with Crippen molar-refractivity contribution < 1.29 is 9.76 Å². The Labute approximate surface area is 206 Å². The monoisotopic (exact) mass is 456 g/mol. The molecule has 0 bridgehead atoms. The van der Waals surface area contributed by atoms with Gasteiger partial charge < -0.3 is 9.76 Å². The zero-order valence-electron chi connectivity index (χ0n) is 20.7. The summed E-state index contributed by atoms with van der Waals surface area (Å²) in [4.78, 5) is 0. The Hall–Kier alpha value is -3.40. The van der Waals surface area contributed by atoms with Gasteiger partial charge in [-0.25, -0.2) is 0 Å². The molecule has 6 rings (SSSR count). The Morgan fingerprint density at radius 3 is 1.97 bits per heavy atom. The van der Waals surface area contributed by atoms with E-state index < -0.39 is 11.2 Å². The van der Waals surface area contributed by atoms with E-state index in [1.165, 1.54) is 54.2 Å². The van der Waals surface area contributed by atoms with Crippen LogP contribution in [0.15, 0.2) is 91.0 Å². The summed E-state index contributed by atoms with van der Waals surface area (Å²) in [5.41, 5.74) is 2.03. The maximum absolute atomic E-state index is 10.4. The Kier molecular flexibility index (Phi) is 4.93. The van der Waals surface area contributed by atoms with Crippen molar-refractivity contribution >= 4 is 56.0 Å². The van der Waals surface area contributed by atoms with Gasteiger partial charge in [-0.15, -0.1) is 0 Å². The van der Waals surface area contributed by atoms with Gasteiger partial charge in [0.1, 0.15) is 0 Å². The topological polar surface area (TPSA) is 29.5 Å². The van der Waals surface area contributed by atoms with E-state index in [4.69, 9.17) is 4.65 Å². The van der Waals surface area contributed by atoms with Gasteiger partial charge in [0.05, 0.1) is 11.2 Å². The highest BCUT2D eigenvalue weighted by Gasteiger charge is 2.35. The number of hydrogen-bond acceptors (Lipinski definition) is 2. The summed E-state index contributed by atoms with van der Waals surface area (Å²) in [6, 6.07) is 33.2. The fourth-order valence-electron chi connectivity index (χ4n) is 4.98. The van der Waals surface area contributed by atoms with Crippen molar-refractivity contribution in [2.75, 3.05) is 0 Å². The van der Waals surface area contributed by atoms with Crippen LogP contribution in [-0.4, -0.2) is 23.8 Å². The van der Waals surface area contributed by atoms with Gasteiger partial charge in [0.25, 0.3) is 0 Å². The average molecular weight is 456 g/mol. The van der Waals surface area contributed by atoms with Crippen molar-refractivity contribution in [1.29, 1.82) is 0 Å². The van der Waals surface area contributed by atoms with Gasteiger partial charge in [0.15, 0.2) is 0 Å². The van der Waals surface area contributed by atoms with E-state index in [0.29, 0.717) is 7.48 Å². The van der Waals surface area contributed by atoms with Crippen LogP contribution in [0.2, 0.25) is 0 Å². The van der Waals surface area contributed by atoms with Crippen LogP contribution in [0.4, 0.5) is 0 Å². The molecular formula is C32H29BO2. The lowest BCUT2D eigenvalue weighted by Crippen LogP contribution is -2.49. The molecule has 2 nitrogen and oxygen atoms in total. The molecular weight excluding hydrogens is 427 g/mol. The third kappa shape index (κ3) is 3.67. The minimum absolute atomic E-state index is 0.462. The maximum atomic E-state index is 10.4. The Bertz CT molecular complexity index is 1690. The molecule has 0 fully saturated rings. The van der Waals surface area contributed by atoms with E-state index in [2.05, 4.69) is 91.0 Å². The molecule has 0 radical (unpaired) electrons. The van der Waals surface area contributed by atoms with E-state index >= 15 is 0 Å². The predicted octanol–water partition coefficient (Wildman–Crippen LogP) is 6.95. The SMILES string of the molecule is CC(C)(O)C(C)(C)OBc1ccc2cc(-c3ccc4ccc5cccc6ccc3c4c56)ccc2c1. The van der Waals surface area contributed by atoms with Crippen molar-refractivity contribution in [3.63, 3.8) is 0 Å². The van der Waals surface area contributed by atoms with Crippen molar-refractivity contribution in [1.82, 2.24) is 0 Å². The van der Waals surface area contributed by atoms with Crippen molar-refractivity contribution in [2.45, 2.75) is 38.9 Å². The van der Waals surface area contributed by atoms with Crippen LogP contribution < -0.4 is 5.46 Å². The summed E-state index contributed by atoms with van der Waals surface area (Å²) in [5.74, 6) is 0. The molecule has 172 valence electrons. The Morgan fingerprint density at radius 1 is 0.629 bits per heavy atom. The molecule has 0 amide bonds. The van der Waals surface area contributed by atoms with E-state index in [-0.39, 0.29) is 0 Å². The fourth-order valence-corrected chi connectivity index (χ4v) is 4.98. The lowest BCUT2D eigenvalue weighted by atomic mass is 9.82. The van der Waals surface area contributed by atoms with Gasteiger partial charge in [-0.05, 0) is 88.0 Å². The lowest BCUT2D eigenvalue weighted by Gasteiger charge is -2.37. The quantitative estimate of drug-likeness (QED) is 0.225. The number of rotatable bonds is 5. The summed E-state index contributed by atoms with van der Waals surface area (Å²) in [7, 11) is 0.462. The molecule has 1 N–H and O–H groups in total. The summed E-state index contributed by atoms with van der Waals surface area (Å²) >= 11 is 0. The molecule has 0 atom stereocenters. The second-order valence-electron chi connectivity index (χ2n) is 10.7. The zero-order chi connectivity index (χ0) is 24.4. The third-order valence-corrected chi connectivity index (χ3v) is 7.82.